The second-order valence-electron chi connectivity index (χ2n) is 7.29. The molecule has 1 aliphatic heterocycles. The van der Waals surface area contributed by atoms with Crippen molar-refractivity contribution in [1.29, 1.82) is 0 Å². The van der Waals surface area contributed by atoms with Crippen LogP contribution >= 0.6 is 11.3 Å². The molecule has 0 spiro atoms. The average Bonchev–Trinajstić information content (AvgIpc) is 3.37. The van der Waals surface area contributed by atoms with Gasteiger partial charge in [0.1, 0.15) is 0 Å². The first-order chi connectivity index (χ1) is 12.2. The van der Waals surface area contributed by atoms with Crippen LogP contribution in [0.2, 0.25) is 0 Å². The summed E-state index contributed by atoms with van der Waals surface area (Å²) < 4.78 is 0. The molecule has 0 bridgehead atoms. The number of aromatic nitrogens is 1. The van der Waals surface area contributed by atoms with E-state index in [2.05, 4.69) is 15.6 Å². The third-order valence-electron chi connectivity index (χ3n) is 5.19. The topological polar surface area (TPSA) is 45.2 Å². The summed E-state index contributed by atoms with van der Waals surface area (Å²) in [5, 5.41) is 6.76. The number of thiazole rings is 1. The Kier molecular flexibility index (Phi) is 4.86. The smallest absolute Gasteiger partial charge is 0.251 e. The lowest BCUT2D eigenvalue weighted by atomic mass is 10.0. The number of nitrogens with zero attached hydrogens (tertiary/aromatic N) is 2. The first-order valence-electron chi connectivity index (χ1n) is 9.22. The van der Waals surface area contributed by atoms with Crippen LogP contribution in [0.4, 0.5) is 0 Å². The van der Waals surface area contributed by atoms with Gasteiger partial charge in [-0.3, -0.25) is 9.69 Å². The van der Waals surface area contributed by atoms with Crippen molar-refractivity contribution in [3.05, 3.63) is 51.5 Å². The highest BCUT2D eigenvalue weighted by molar-refractivity contribution is 7.09. The monoisotopic (exact) mass is 355 g/mol. The molecule has 1 N–H and O–H groups in total. The lowest BCUT2D eigenvalue weighted by Gasteiger charge is -2.32. The van der Waals surface area contributed by atoms with Crippen LogP contribution in [-0.2, 0) is 6.54 Å². The number of amides is 1. The molecule has 0 unspecified atom stereocenters. The highest BCUT2D eigenvalue weighted by atomic mass is 32.1. The highest BCUT2D eigenvalue weighted by Crippen LogP contribution is 2.41. The lowest BCUT2D eigenvalue weighted by Crippen LogP contribution is -2.44. The number of nitrogens with one attached hydrogen (secondary N) is 1. The van der Waals surface area contributed by atoms with Crippen LogP contribution in [0.5, 0.6) is 0 Å². The predicted molar refractivity (Wildman–Crippen MR) is 101 cm³/mol. The van der Waals surface area contributed by atoms with E-state index in [0.717, 1.165) is 49.5 Å². The molecule has 1 aromatic carbocycles. The normalized spacial score (nSPS) is 19.1. The molecule has 2 fully saturated rings. The largest absolute Gasteiger partial charge is 0.349 e. The molecule has 1 saturated carbocycles. The van der Waals surface area contributed by atoms with E-state index in [-0.39, 0.29) is 11.9 Å². The summed E-state index contributed by atoms with van der Waals surface area (Å²) in [5.41, 5.74) is 3.04. The summed E-state index contributed by atoms with van der Waals surface area (Å²) in [6.07, 6.45) is 4.66. The van der Waals surface area contributed by atoms with E-state index in [0.29, 0.717) is 0 Å². The number of carbonyl (C=O) groups is 1. The Balaban J connectivity index is 1.26. The zero-order chi connectivity index (χ0) is 17.2. The molecular weight excluding hydrogens is 330 g/mol. The maximum Gasteiger partial charge on any atom is 0.251 e. The summed E-state index contributed by atoms with van der Waals surface area (Å²) in [5.74, 6) is 0.811. The van der Waals surface area contributed by atoms with E-state index in [4.69, 9.17) is 4.98 Å². The fourth-order valence-electron chi connectivity index (χ4n) is 3.47. The number of hydrogen-bond donors (Lipinski definition) is 1. The molecule has 1 aromatic heterocycles. The van der Waals surface area contributed by atoms with Crippen LogP contribution in [0.3, 0.4) is 0 Å². The molecule has 2 aliphatic rings. The van der Waals surface area contributed by atoms with Gasteiger partial charge in [-0.25, -0.2) is 4.98 Å². The SMILES string of the molecule is Cc1ccccc1C(=O)NC1CCN(Cc2csc(C3CC3)n2)CC1. The molecule has 1 saturated heterocycles. The Morgan fingerprint density at radius 3 is 2.72 bits per heavy atom. The van der Waals surface area contributed by atoms with Gasteiger partial charge in [0.15, 0.2) is 0 Å². The number of hydrogen-bond acceptors (Lipinski definition) is 4. The summed E-state index contributed by atoms with van der Waals surface area (Å²) in [7, 11) is 0. The Labute approximate surface area is 153 Å². The van der Waals surface area contributed by atoms with Crippen LogP contribution < -0.4 is 5.32 Å². The molecule has 0 atom stereocenters. The van der Waals surface area contributed by atoms with Crippen molar-refractivity contribution in [2.45, 2.75) is 51.1 Å². The Morgan fingerprint density at radius 2 is 2.00 bits per heavy atom. The summed E-state index contributed by atoms with van der Waals surface area (Å²) in [4.78, 5) is 19.7. The van der Waals surface area contributed by atoms with E-state index >= 15 is 0 Å². The Morgan fingerprint density at radius 1 is 1.24 bits per heavy atom. The Hall–Kier alpha value is -1.72. The molecule has 4 rings (SSSR count). The third-order valence-corrected chi connectivity index (χ3v) is 6.25. The Bertz CT molecular complexity index is 745. The fourth-order valence-corrected chi connectivity index (χ4v) is 4.45. The van der Waals surface area contributed by atoms with Crippen molar-refractivity contribution in [3.63, 3.8) is 0 Å². The zero-order valence-corrected chi connectivity index (χ0v) is 15.5. The van der Waals surface area contributed by atoms with Gasteiger partial charge in [-0.05, 0) is 44.2 Å². The summed E-state index contributed by atoms with van der Waals surface area (Å²) >= 11 is 1.82. The van der Waals surface area contributed by atoms with Gasteiger partial charge in [-0.2, -0.15) is 0 Å². The van der Waals surface area contributed by atoms with Crippen molar-refractivity contribution < 1.29 is 4.79 Å². The van der Waals surface area contributed by atoms with Crippen LogP contribution in [0.1, 0.15) is 58.2 Å². The molecule has 25 heavy (non-hydrogen) atoms. The molecule has 132 valence electrons. The van der Waals surface area contributed by atoms with E-state index in [1.807, 2.05) is 42.5 Å². The minimum absolute atomic E-state index is 0.0603. The second kappa shape index (κ2) is 7.26. The summed E-state index contributed by atoms with van der Waals surface area (Å²) in [6.45, 7) is 4.98. The first-order valence-corrected chi connectivity index (χ1v) is 10.1. The van der Waals surface area contributed by atoms with Gasteiger partial charge in [0.2, 0.25) is 0 Å². The predicted octanol–water partition coefficient (Wildman–Crippen LogP) is 3.72. The number of likely N-dealkylation sites (tertiary alicyclic amines) is 1. The number of piperidine rings is 1. The molecular formula is C20H25N3OS. The van der Waals surface area contributed by atoms with Crippen LogP contribution in [0.15, 0.2) is 29.6 Å². The molecule has 5 heteroatoms. The van der Waals surface area contributed by atoms with E-state index in [1.165, 1.54) is 23.5 Å². The van der Waals surface area contributed by atoms with Crippen molar-refractivity contribution in [3.8, 4) is 0 Å². The van der Waals surface area contributed by atoms with Crippen molar-refractivity contribution in [2.75, 3.05) is 13.1 Å². The molecule has 1 aliphatic carbocycles. The van der Waals surface area contributed by atoms with E-state index in [9.17, 15) is 4.79 Å². The minimum atomic E-state index is 0.0603. The number of rotatable bonds is 5. The van der Waals surface area contributed by atoms with Gasteiger partial charge in [0.05, 0.1) is 10.7 Å². The third kappa shape index (κ3) is 4.10. The van der Waals surface area contributed by atoms with Crippen LogP contribution in [0, 0.1) is 6.92 Å². The van der Waals surface area contributed by atoms with Gasteiger partial charge < -0.3 is 5.32 Å². The van der Waals surface area contributed by atoms with Crippen molar-refractivity contribution in [2.24, 2.45) is 0 Å². The highest BCUT2D eigenvalue weighted by Gasteiger charge is 2.27. The average molecular weight is 356 g/mol. The van der Waals surface area contributed by atoms with Gasteiger partial charge in [0, 0.05) is 42.5 Å². The second-order valence-corrected chi connectivity index (χ2v) is 8.18. The van der Waals surface area contributed by atoms with Gasteiger partial charge in [-0.15, -0.1) is 11.3 Å². The first kappa shape index (κ1) is 16.7. The number of aryl methyl sites for hydroxylation is 1. The fraction of sp³-hybridized carbons (Fsp3) is 0.500. The van der Waals surface area contributed by atoms with Gasteiger partial charge >= 0.3 is 0 Å². The molecule has 1 amide bonds. The quantitative estimate of drug-likeness (QED) is 0.889. The maximum absolute atomic E-state index is 12.4. The van der Waals surface area contributed by atoms with Gasteiger partial charge in [0.25, 0.3) is 5.91 Å². The van der Waals surface area contributed by atoms with Crippen LogP contribution in [-0.4, -0.2) is 34.9 Å². The zero-order valence-electron chi connectivity index (χ0n) is 14.7. The van der Waals surface area contributed by atoms with Crippen LogP contribution in [0.25, 0.3) is 0 Å². The maximum atomic E-state index is 12.4. The molecule has 0 radical (unpaired) electrons. The van der Waals surface area contributed by atoms with Crippen molar-refractivity contribution >= 4 is 17.2 Å². The molecule has 2 aromatic rings. The molecule has 2 heterocycles. The van der Waals surface area contributed by atoms with Crippen molar-refractivity contribution in [1.82, 2.24) is 15.2 Å². The van der Waals surface area contributed by atoms with E-state index < -0.39 is 0 Å². The minimum Gasteiger partial charge on any atom is -0.349 e. The number of benzene rings is 1. The molecule has 4 nitrogen and oxygen atoms in total. The van der Waals surface area contributed by atoms with E-state index in [1.54, 1.807) is 0 Å². The standard InChI is InChI=1S/C20H25N3OS/c1-14-4-2-3-5-18(14)19(24)21-16-8-10-23(11-9-16)12-17-13-25-20(22-17)15-6-7-15/h2-5,13,15-16H,6-12H2,1H3,(H,21,24). The lowest BCUT2D eigenvalue weighted by molar-refractivity contribution is 0.0908. The number of carbonyl (C=O) groups excluding carboxylic acids is 1. The van der Waals surface area contributed by atoms with Gasteiger partial charge in [-0.1, -0.05) is 18.2 Å². The summed E-state index contributed by atoms with van der Waals surface area (Å²) in [6, 6.07) is 8.06.